The largest absolute Gasteiger partial charge is 0.351 e. The molecule has 0 fully saturated rings. The Bertz CT molecular complexity index is 889. The first-order chi connectivity index (χ1) is 12.6. The summed E-state index contributed by atoms with van der Waals surface area (Å²) in [5.41, 5.74) is 8.23. The van der Waals surface area contributed by atoms with Crippen molar-refractivity contribution in [1.29, 1.82) is 0 Å². The molecule has 26 heavy (non-hydrogen) atoms. The molecule has 2 aromatic carbocycles. The van der Waals surface area contributed by atoms with Gasteiger partial charge in [0.05, 0.1) is 6.54 Å². The molecular weight excluding hydrogens is 330 g/mol. The summed E-state index contributed by atoms with van der Waals surface area (Å²) in [6, 6.07) is 15.7. The Morgan fingerprint density at radius 3 is 2.38 bits per heavy atom. The molecule has 132 valence electrons. The maximum absolute atomic E-state index is 12.3. The third-order valence-electron chi connectivity index (χ3n) is 3.86. The second-order valence-electron chi connectivity index (χ2n) is 5.72. The first-order valence-electron chi connectivity index (χ1n) is 8.11. The number of hydrogen-bond acceptors (Lipinski definition) is 3. The van der Waals surface area contributed by atoms with Gasteiger partial charge in [-0.2, -0.15) is 5.10 Å². The van der Waals surface area contributed by atoms with Crippen LogP contribution in [0.1, 0.15) is 21.5 Å². The van der Waals surface area contributed by atoms with E-state index in [9.17, 15) is 9.59 Å². The van der Waals surface area contributed by atoms with Gasteiger partial charge in [-0.15, -0.1) is 0 Å². The SMILES string of the molecule is NC(=O)Nc1ccc(C(=O)NCc2ccccc2Cn2cccn2)cc1. The fourth-order valence-electron chi connectivity index (χ4n) is 2.58. The molecule has 3 amide bonds. The summed E-state index contributed by atoms with van der Waals surface area (Å²) >= 11 is 0. The van der Waals surface area contributed by atoms with E-state index < -0.39 is 6.03 Å². The van der Waals surface area contributed by atoms with E-state index >= 15 is 0 Å². The highest BCUT2D eigenvalue weighted by molar-refractivity contribution is 5.95. The molecule has 0 saturated carbocycles. The first kappa shape index (κ1) is 17.2. The third-order valence-corrected chi connectivity index (χ3v) is 3.86. The zero-order valence-corrected chi connectivity index (χ0v) is 14.1. The third kappa shape index (κ3) is 4.47. The number of carbonyl (C=O) groups excluding carboxylic acids is 2. The second kappa shape index (κ2) is 7.98. The lowest BCUT2D eigenvalue weighted by Crippen LogP contribution is -2.24. The smallest absolute Gasteiger partial charge is 0.316 e. The first-order valence-corrected chi connectivity index (χ1v) is 8.11. The van der Waals surface area contributed by atoms with E-state index in [4.69, 9.17) is 5.73 Å². The van der Waals surface area contributed by atoms with Crippen molar-refractivity contribution in [3.05, 3.63) is 83.7 Å². The van der Waals surface area contributed by atoms with E-state index in [2.05, 4.69) is 15.7 Å². The molecule has 0 aliphatic rings. The van der Waals surface area contributed by atoms with Crippen LogP contribution < -0.4 is 16.4 Å². The van der Waals surface area contributed by atoms with Crippen LogP contribution in [0, 0.1) is 0 Å². The number of rotatable bonds is 6. The average Bonchev–Trinajstić information content (AvgIpc) is 3.14. The number of benzene rings is 2. The normalized spacial score (nSPS) is 10.3. The molecule has 0 aliphatic carbocycles. The van der Waals surface area contributed by atoms with Crippen LogP contribution in [0.15, 0.2) is 67.0 Å². The number of nitrogens with one attached hydrogen (secondary N) is 2. The summed E-state index contributed by atoms with van der Waals surface area (Å²) < 4.78 is 1.84. The number of hydrogen-bond donors (Lipinski definition) is 3. The van der Waals surface area contributed by atoms with Crippen molar-refractivity contribution in [2.45, 2.75) is 13.1 Å². The molecule has 0 spiro atoms. The van der Waals surface area contributed by atoms with Crippen LogP contribution in [0.4, 0.5) is 10.5 Å². The zero-order valence-electron chi connectivity index (χ0n) is 14.1. The Hall–Kier alpha value is -3.61. The van der Waals surface area contributed by atoms with Crippen LogP contribution in [0.2, 0.25) is 0 Å². The van der Waals surface area contributed by atoms with E-state index in [-0.39, 0.29) is 5.91 Å². The highest BCUT2D eigenvalue weighted by Crippen LogP contribution is 2.12. The maximum Gasteiger partial charge on any atom is 0.316 e. The van der Waals surface area contributed by atoms with Gasteiger partial charge in [0, 0.05) is 30.2 Å². The number of urea groups is 1. The Morgan fingerprint density at radius 2 is 1.73 bits per heavy atom. The van der Waals surface area contributed by atoms with Gasteiger partial charge in [-0.1, -0.05) is 24.3 Å². The molecule has 7 nitrogen and oxygen atoms in total. The van der Waals surface area contributed by atoms with Gasteiger partial charge in [-0.05, 0) is 41.5 Å². The number of nitrogens with zero attached hydrogens (tertiary/aromatic N) is 2. The molecule has 0 radical (unpaired) electrons. The van der Waals surface area contributed by atoms with Crippen molar-refractivity contribution < 1.29 is 9.59 Å². The number of nitrogens with two attached hydrogens (primary N) is 1. The zero-order chi connectivity index (χ0) is 18.4. The van der Waals surface area contributed by atoms with E-state index in [1.54, 1.807) is 30.5 Å². The molecule has 3 aromatic rings. The summed E-state index contributed by atoms with van der Waals surface area (Å²) in [4.78, 5) is 23.2. The average molecular weight is 349 g/mol. The van der Waals surface area contributed by atoms with Crippen LogP contribution in [0.25, 0.3) is 0 Å². The molecule has 4 N–H and O–H groups in total. The Balaban J connectivity index is 1.63. The molecule has 0 unspecified atom stereocenters. The van der Waals surface area contributed by atoms with Crippen molar-refractivity contribution in [2.75, 3.05) is 5.32 Å². The van der Waals surface area contributed by atoms with Crippen molar-refractivity contribution in [3.8, 4) is 0 Å². The monoisotopic (exact) mass is 349 g/mol. The van der Waals surface area contributed by atoms with Crippen LogP contribution in [-0.4, -0.2) is 21.7 Å². The van der Waals surface area contributed by atoms with Gasteiger partial charge in [-0.25, -0.2) is 4.79 Å². The van der Waals surface area contributed by atoms with Gasteiger partial charge in [-0.3, -0.25) is 9.48 Å². The summed E-state index contributed by atoms with van der Waals surface area (Å²) in [6.07, 6.45) is 3.64. The minimum absolute atomic E-state index is 0.190. The van der Waals surface area contributed by atoms with E-state index in [0.29, 0.717) is 24.3 Å². The van der Waals surface area contributed by atoms with Gasteiger partial charge < -0.3 is 16.4 Å². The number of primary amides is 1. The lowest BCUT2D eigenvalue weighted by Gasteiger charge is -2.11. The van der Waals surface area contributed by atoms with E-state index in [1.165, 1.54) is 0 Å². The van der Waals surface area contributed by atoms with Crippen LogP contribution >= 0.6 is 0 Å². The van der Waals surface area contributed by atoms with Gasteiger partial charge in [0.1, 0.15) is 0 Å². The topological polar surface area (TPSA) is 102 Å². The molecule has 0 atom stereocenters. The van der Waals surface area contributed by atoms with E-state index in [1.807, 2.05) is 41.2 Å². The lowest BCUT2D eigenvalue weighted by molar-refractivity contribution is 0.0951. The number of carbonyl (C=O) groups is 2. The van der Waals surface area contributed by atoms with Crippen LogP contribution in [-0.2, 0) is 13.1 Å². The minimum Gasteiger partial charge on any atom is -0.351 e. The molecule has 0 saturated heterocycles. The molecule has 0 bridgehead atoms. The minimum atomic E-state index is -0.643. The van der Waals surface area contributed by atoms with Crippen molar-refractivity contribution in [2.24, 2.45) is 5.73 Å². The summed E-state index contributed by atoms with van der Waals surface area (Å²) in [6.45, 7) is 1.06. The quantitative estimate of drug-likeness (QED) is 0.636. The molecule has 7 heteroatoms. The summed E-state index contributed by atoms with van der Waals surface area (Å²) in [5.74, 6) is -0.190. The van der Waals surface area contributed by atoms with Crippen LogP contribution in [0.3, 0.4) is 0 Å². The number of amides is 3. The Kier molecular flexibility index (Phi) is 5.28. The number of aromatic nitrogens is 2. The highest BCUT2D eigenvalue weighted by Gasteiger charge is 2.08. The second-order valence-corrected chi connectivity index (χ2v) is 5.72. The van der Waals surface area contributed by atoms with Gasteiger partial charge in [0.25, 0.3) is 5.91 Å². The van der Waals surface area contributed by atoms with Crippen LogP contribution in [0.5, 0.6) is 0 Å². The van der Waals surface area contributed by atoms with Crippen molar-refractivity contribution >= 4 is 17.6 Å². The number of anilines is 1. The predicted molar refractivity (Wildman–Crippen MR) is 98.6 cm³/mol. The van der Waals surface area contributed by atoms with Gasteiger partial charge in [0.15, 0.2) is 0 Å². The van der Waals surface area contributed by atoms with Gasteiger partial charge >= 0.3 is 6.03 Å². The molecule has 3 rings (SSSR count). The van der Waals surface area contributed by atoms with Crippen molar-refractivity contribution in [1.82, 2.24) is 15.1 Å². The molecule has 1 aromatic heterocycles. The summed E-state index contributed by atoms with van der Waals surface area (Å²) in [5, 5.41) is 9.59. The lowest BCUT2D eigenvalue weighted by atomic mass is 10.1. The fourth-order valence-corrected chi connectivity index (χ4v) is 2.58. The highest BCUT2D eigenvalue weighted by atomic mass is 16.2. The Labute approximate surface area is 150 Å². The summed E-state index contributed by atoms with van der Waals surface area (Å²) in [7, 11) is 0. The van der Waals surface area contributed by atoms with Crippen molar-refractivity contribution in [3.63, 3.8) is 0 Å². The predicted octanol–water partition coefficient (Wildman–Crippen LogP) is 2.35. The standard InChI is InChI=1S/C19H19N5O2/c20-19(26)23-17-8-6-14(7-9-17)18(25)21-12-15-4-1-2-5-16(15)13-24-11-3-10-22-24/h1-11H,12-13H2,(H,21,25)(H3,20,23,26). The Morgan fingerprint density at radius 1 is 1.00 bits per heavy atom. The van der Waals surface area contributed by atoms with E-state index in [0.717, 1.165) is 11.1 Å². The molecule has 0 aliphatic heterocycles. The molecular formula is C19H19N5O2. The maximum atomic E-state index is 12.3. The van der Waals surface area contributed by atoms with Gasteiger partial charge in [0.2, 0.25) is 0 Å². The fraction of sp³-hybridized carbons (Fsp3) is 0.105. The molecule has 1 heterocycles.